The molecule has 1 aliphatic carbocycles. The van der Waals surface area contributed by atoms with Crippen LogP contribution < -0.4 is 10.5 Å². The van der Waals surface area contributed by atoms with Gasteiger partial charge in [0.15, 0.2) is 0 Å². The second kappa shape index (κ2) is 5.72. The van der Waals surface area contributed by atoms with Gasteiger partial charge in [0.2, 0.25) is 0 Å². The molecule has 0 bridgehead atoms. The molecule has 0 saturated heterocycles. The van der Waals surface area contributed by atoms with Crippen molar-refractivity contribution in [1.29, 1.82) is 0 Å². The lowest BCUT2D eigenvalue weighted by atomic mass is 9.72. The lowest BCUT2D eigenvalue weighted by Gasteiger charge is -2.45. The Morgan fingerprint density at radius 2 is 1.94 bits per heavy atom. The van der Waals surface area contributed by atoms with Crippen molar-refractivity contribution >= 4 is 0 Å². The first kappa shape index (κ1) is 13.4. The number of nitrogens with two attached hydrogens (primary N) is 1. The number of methoxy groups -OCH3 is 1. The van der Waals surface area contributed by atoms with Gasteiger partial charge in [-0.1, -0.05) is 19.1 Å². The van der Waals surface area contributed by atoms with E-state index in [9.17, 15) is 0 Å². The zero-order valence-corrected chi connectivity index (χ0v) is 11.3. The Labute approximate surface area is 109 Å². The maximum Gasteiger partial charge on any atom is 0.119 e. The Balaban J connectivity index is 2.04. The lowest BCUT2D eigenvalue weighted by Crippen LogP contribution is -2.48. The quantitative estimate of drug-likeness (QED) is 0.842. The molecule has 1 unspecified atom stereocenters. The van der Waals surface area contributed by atoms with Crippen LogP contribution in [-0.2, 0) is 4.74 Å². The van der Waals surface area contributed by atoms with E-state index in [1.807, 2.05) is 12.1 Å². The third-order valence-corrected chi connectivity index (χ3v) is 3.89. The van der Waals surface area contributed by atoms with Gasteiger partial charge in [0.25, 0.3) is 0 Å². The van der Waals surface area contributed by atoms with Crippen LogP contribution in [0.3, 0.4) is 0 Å². The molecule has 0 aliphatic heterocycles. The van der Waals surface area contributed by atoms with Gasteiger partial charge in [-0.3, -0.25) is 0 Å². The van der Waals surface area contributed by atoms with E-state index in [-0.39, 0.29) is 11.6 Å². The van der Waals surface area contributed by atoms with Crippen LogP contribution in [0.25, 0.3) is 0 Å². The van der Waals surface area contributed by atoms with Gasteiger partial charge in [-0.05, 0) is 43.4 Å². The van der Waals surface area contributed by atoms with Crippen molar-refractivity contribution in [2.45, 2.75) is 44.2 Å². The Bertz CT molecular complexity index is 365. The first-order chi connectivity index (χ1) is 8.72. The normalized spacial score (nSPS) is 19.1. The molecule has 0 amide bonds. The van der Waals surface area contributed by atoms with Crippen LogP contribution in [-0.4, -0.2) is 19.3 Å². The molecule has 1 fully saturated rings. The largest absolute Gasteiger partial charge is 0.494 e. The maximum atomic E-state index is 6.33. The number of hydrogen-bond donors (Lipinski definition) is 1. The molecule has 3 heteroatoms. The van der Waals surface area contributed by atoms with Gasteiger partial charge >= 0.3 is 0 Å². The van der Waals surface area contributed by atoms with Gasteiger partial charge in [-0.2, -0.15) is 0 Å². The van der Waals surface area contributed by atoms with Gasteiger partial charge in [0, 0.05) is 7.11 Å². The van der Waals surface area contributed by atoms with Gasteiger partial charge in [0.1, 0.15) is 5.75 Å². The molecule has 1 aromatic rings. The molecule has 1 atom stereocenters. The molecule has 2 rings (SSSR count). The molecule has 1 aromatic carbocycles. The lowest BCUT2D eigenvalue weighted by molar-refractivity contribution is -0.0911. The van der Waals surface area contributed by atoms with Crippen LogP contribution >= 0.6 is 0 Å². The Hall–Kier alpha value is -1.06. The van der Waals surface area contributed by atoms with E-state index in [1.54, 1.807) is 7.11 Å². The molecule has 3 nitrogen and oxygen atoms in total. The van der Waals surface area contributed by atoms with Gasteiger partial charge in [0.05, 0.1) is 18.2 Å². The monoisotopic (exact) mass is 249 g/mol. The zero-order chi connectivity index (χ0) is 13.0. The summed E-state index contributed by atoms with van der Waals surface area (Å²) in [5.41, 5.74) is 7.31. The topological polar surface area (TPSA) is 44.5 Å². The summed E-state index contributed by atoms with van der Waals surface area (Å²) in [6, 6.07) is 8.04. The Kier molecular flexibility index (Phi) is 4.25. The van der Waals surface area contributed by atoms with Crippen molar-refractivity contribution in [2.24, 2.45) is 5.73 Å². The molecular formula is C15H23NO2. The van der Waals surface area contributed by atoms with Crippen molar-refractivity contribution < 1.29 is 9.47 Å². The highest BCUT2D eigenvalue weighted by molar-refractivity contribution is 5.31. The third kappa shape index (κ3) is 2.52. The molecule has 1 saturated carbocycles. The van der Waals surface area contributed by atoms with E-state index >= 15 is 0 Å². The predicted octanol–water partition coefficient (Wildman–Crippen LogP) is 3.04. The van der Waals surface area contributed by atoms with E-state index in [0.717, 1.165) is 37.2 Å². The minimum atomic E-state index is -0.147. The average Bonchev–Trinajstić information content (AvgIpc) is 2.36. The highest BCUT2D eigenvalue weighted by atomic mass is 16.5. The number of rotatable bonds is 6. The third-order valence-electron chi connectivity index (χ3n) is 3.89. The SMILES string of the molecule is CCCOc1ccc(C(N)C2(OC)CCC2)cc1. The zero-order valence-electron chi connectivity index (χ0n) is 11.3. The molecule has 18 heavy (non-hydrogen) atoms. The first-order valence-corrected chi connectivity index (χ1v) is 6.75. The van der Waals surface area contributed by atoms with E-state index < -0.39 is 0 Å². The minimum Gasteiger partial charge on any atom is -0.494 e. The van der Waals surface area contributed by atoms with E-state index in [2.05, 4.69) is 19.1 Å². The maximum absolute atomic E-state index is 6.33. The summed E-state index contributed by atoms with van der Waals surface area (Å²) >= 11 is 0. The Morgan fingerprint density at radius 1 is 1.28 bits per heavy atom. The summed E-state index contributed by atoms with van der Waals surface area (Å²) in [6.45, 7) is 2.86. The molecule has 100 valence electrons. The van der Waals surface area contributed by atoms with Gasteiger partial charge in [-0.15, -0.1) is 0 Å². The fourth-order valence-electron chi connectivity index (χ4n) is 2.46. The summed E-state index contributed by atoms with van der Waals surface area (Å²) in [5, 5.41) is 0. The predicted molar refractivity (Wildman–Crippen MR) is 72.7 cm³/mol. The van der Waals surface area contributed by atoms with Gasteiger partial charge < -0.3 is 15.2 Å². The summed E-state index contributed by atoms with van der Waals surface area (Å²) in [7, 11) is 1.76. The summed E-state index contributed by atoms with van der Waals surface area (Å²) < 4.78 is 11.2. The summed E-state index contributed by atoms with van der Waals surface area (Å²) in [5.74, 6) is 0.910. The number of hydrogen-bond acceptors (Lipinski definition) is 3. The highest BCUT2D eigenvalue weighted by Crippen LogP contribution is 2.43. The molecular weight excluding hydrogens is 226 g/mol. The summed E-state index contributed by atoms with van der Waals surface area (Å²) in [4.78, 5) is 0. The van der Waals surface area contributed by atoms with Crippen LogP contribution in [0.5, 0.6) is 5.75 Å². The molecule has 2 N–H and O–H groups in total. The van der Waals surface area contributed by atoms with Crippen molar-refractivity contribution in [3.05, 3.63) is 29.8 Å². The standard InChI is InChI=1S/C15H23NO2/c1-3-11-18-13-7-5-12(6-8-13)14(16)15(17-2)9-4-10-15/h5-8,14H,3-4,9-11,16H2,1-2H3. The van der Waals surface area contributed by atoms with Gasteiger partial charge in [-0.25, -0.2) is 0 Å². The second-order valence-electron chi connectivity index (χ2n) is 5.02. The van der Waals surface area contributed by atoms with E-state index in [0.29, 0.717) is 0 Å². The van der Waals surface area contributed by atoms with Crippen LogP contribution in [0.2, 0.25) is 0 Å². The fraction of sp³-hybridized carbons (Fsp3) is 0.600. The van der Waals surface area contributed by atoms with Crippen LogP contribution in [0, 0.1) is 0 Å². The van der Waals surface area contributed by atoms with Crippen molar-refractivity contribution in [3.63, 3.8) is 0 Å². The minimum absolute atomic E-state index is 0.0449. The molecule has 1 aliphatic rings. The molecule has 0 spiro atoms. The second-order valence-corrected chi connectivity index (χ2v) is 5.02. The summed E-state index contributed by atoms with van der Waals surface area (Å²) in [6.07, 6.45) is 4.34. The van der Waals surface area contributed by atoms with E-state index in [1.165, 1.54) is 6.42 Å². The van der Waals surface area contributed by atoms with Crippen LogP contribution in [0.4, 0.5) is 0 Å². The highest BCUT2D eigenvalue weighted by Gasteiger charge is 2.43. The Morgan fingerprint density at radius 3 is 2.39 bits per heavy atom. The van der Waals surface area contributed by atoms with Crippen LogP contribution in [0.15, 0.2) is 24.3 Å². The van der Waals surface area contributed by atoms with Crippen molar-refractivity contribution in [1.82, 2.24) is 0 Å². The van der Waals surface area contributed by atoms with Crippen molar-refractivity contribution in [3.8, 4) is 5.75 Å². The smallest absolute Gasteiger partial charge is 0.119 e. The van der Waals surface area contributed by atoms with E-state index in [4.69, 9.17) is 15.2 Å². The first-order valence-electron chi connectivity index (χ1n) is 6.75. The molecule has 0 aromatic heterocycles. The molecule has 0 radical (unpaired) electrons. The average molecular weight is 249 g/mol. The fourth-order valence-corrected chi connectivity index (χ4v) is 2.46. The number of ether oxygens (including phenoxy) is 2. The number of benzene rings is 1. The van der Waals surface area contributed by atoms with Crippen molar-refractivity contribution in [2.75, 3.05) is 13.7 Å². The molecule has 0 heterocycles. The van der Waals surface area contributed by atoms with Crippen LogP contribution in [0.1, 0.15) is 44.2 Å².